The molecule has 35 heavy (non-hydrogen) atoms. The molecular weight excluding hydrogens is 450 g/mol. The third kappa shape index (κ3) is 6.10. The Hall–Kier alpha value is -0.630. The molecule has 6 heteroatoms. The van der Waals surface area contributed by atoms with Gasteiger partial charge in [0.2, 0.25) is 0 Å². The maximum atomic E-state index is 4.19. The van der Waals surface area contributed by atoms with Crippen LogP contribution in [0, 0.1) is 17.3 Å². The van der Waals surface area contributed by atoms with Gasteiger partial charge in [0, 0.05) is 36.6 Å². The molecule has 4 heterocycles. The highest BCUT2D eigenvalue weighted by Crippen LogP contribution is 2.42. The van der Waals surface area contributed by atoms with Crippen molar-refractivity contribution in [3.63, 3.8) is 0 Å². The summed E-state index contributed by atoms with van der Waals surface area (Å²) >= 11 is 1.93. The summed E-state index contributed by atoms with van der Waals surface area (Å²) in [4.78, 5) is 2.86. The monoisotopic (exact) mass is 499 g/mol. The predicted molar refractivity (Wildman–Crippen MR) is 149 cm³/mol. The van der Waals surface area contributed by atoms with Gasteiger partial charge in [0.1, 0.15) is 0 Å². The lowest BCUT2D eigenvalue weighted by molar-refractivity contribution is 0.00539. The first-order valence-electron chi connectivity index (χ1n) is 14.2. The third-order valence-corrected chi connectivity index (χ3v) is 10.1. The Labute approximate surface area is 218 Å². The molecule has 4 bridgehead atoms. The quantitative estimate of drug-likeness (QED) is 0.397. The minimum atomic E-state index is 0.211. The van der Waals surface area contributed by atoms with E-state index in [1.54, 1.807) is 0 Å². The van der Waals surface area contributed by atoms with Crippen molar-refractivity contribution in [2.75, 3.05) is 13.1 Å². The fraction of sp³-hybridized carbons (Fsp3) is 0.793. The molecule has 0 amide bonds. The van der Waals surface area contributed by atoms with Gasteiger partial charge in [-0.1, -0.05) is 63.1 Å². The van der Waals surface area contributed by atoms with E-state index in [0.29, 0.717) is 47.0 Å². The average Bonchev–Trinajstić information content (AvgIpc) is 3.12. The van der Waals surface area contributed by atoms with Gasteiger partial charge in [0.05, 0.1) is 17.7 Å². The van der Waals surface area contributed by atoms with Gasteiger partial charge in [-0.15, -0.1) is 0 Å². The van der Waals surface area contributed by atoms with Crippen molar-refractivity contribution >= 4 is 11.9 Å². The van der Waals surface area contributed by atoms with Gasteiger partial charge in [-0.3, -0.25) is 25.6 Å². The zero-order valence-electron chi connectivity index (χ0n) is 22.6. The largest absolute Gasteiger partial charge is 0.298 e. The molecular formula is C29H49N5S. The highest BCUT2D eigenvalue weighted by atomic mass is 32.2. The molecule has 5 rings (SSSR count). The Morgan fingerprint density at radius 3 is 2.54 bits per heavy atom. The molecule has 1 aromatic rings. The lowest BCUT2D eigenvalue weighted by atomic mass is 9.78. The van der Waals surface area contributed by atoms with Crippen LogP contribution in [0.2, 0.25) is 0 Å². The van der Waals surface area contributed by atoms with E-state index in [4.69, 9.17) is 0 Å². The second-order valence-corrected chi connectivity index (χ2v) is 14.5. The Balaban J connectivity index is 1.43. The number of hydrogen-bond donors (Lipinski definition) is 4. The van der Waals surface area contributed by atoms with Gasteiger partial charge < -0.3 is 0 Å². The SMILES string of the molecule is CC(C)(C)C1CCC2CNSC3CCCC(N3)NC(c3ccccc3)C[C@@H]3CN(C2N1)C(C)(C)C3. The van der Waals surface area contributed by atoms with Gasteiger partial charge in [-0.05, 0) is 75.7 Å². The zero-order valence-corrected chi connectivity index (χ0v) is 23.5. The van der Waals surface area contributed by atoms with E-state index in [0.717, 1.165) is 6.54 Å². The molecule has 0 aromatic heterocycles. The molecule has 4 fully saturated rings. The Morgan fingerprint density at radius 2 is 1.77 bits per heavy atom. The highest BCUT2D eigenvalue weighted by molar-refractivity contribution is 7.98. The lowest BCUT2D eigenvalue weighted by Gasteiger charge is -2.50. The minimum Gasteiger partial charge on any atom is -0.298 e. The number of rotatable bonds is 1. The van der Waals surface area contributed by atoms with Crippen molar-refractivity contribution in [1.29, 1.82) is 0 Å². The van der Waals surface area contributed by atoms with Gasteiger partial charge in [0.25, 0.3) is 0 Å². The van der Waals surface area contributed by atoms with Crippen LogP contribution < -0.4 is 20.7 Å². The van der Waals surface area contributed by atoms with Crippen LogP contribution >= 0.6 is 11.9 Å². The van der Waals surface area contributed by atoms with Gasteiger partial charge in [0.15, 0.2) is 0 Å². The Bertz CT molecular complexity index is 824. The first-order chi connectivity index (χ1) is 16.7. The standard InChI is InChI=1S/C29H49N5S/c1-28(2,3)24-15-14-22-18-30-35-26-13-9-12-25(33-26)31-23(21-10-7-6-8-11-21)16-20-17-29(4,5)34(19-20)27(22)32-24/h6-8,10-11,20,22-27,30-33H,9,12-19H2,1-5H3/t20-,22?,23?,24?,25?,26?,27?/m0/s1. The molecule has 0 saturated carbocycles. The molecule has 0 spiro atoms. The van der Waals surface area contributed by atoms with E-state index < -0.39 is 0 Å². The second-order valence-electron chi connectivity index (χ2n) is 13.4. The van der Waals surface area contributed by atoms with E-state index >= 15 is 0 Å². The van der Waals surface area contributed by atoms with Crippen molar-refractivity contribution < 1.29 is 0 Å². The van der Waals surface area contributed by atoms with Crippen molar-refractivity contribution in [1.82, 2.24) is 25.6 Å². The van der Waals surface area contributed by atoms with Gasteiger partial charge >= 0.3 is 0 Å². The lowest BCUT2D eigenvalue weighted by Crippen LogP contribution is -2.64. The van der Waals surface area contributed by atoms with Gasteiger partial charge in [-0.2, -0.15) is 0 Å². The Kier molecular flexibility index (Phi) is 7.89. The molecule has 4 N–H and O–H groups in total. The highest BCUT2D eigenvalue weighted by Gasteiger charge is 2.47. The molecule has 0 aliphatic carbocycles. The van der Waals surface area contributed by atoms with E-state index in [9.17, 15) is 0 Å². The third-order valence-electron chi connectivity index (χ3n) is 9.14. The van der Waals surface area contributed by atoms with Crippen LogP contribution in [0.5, 0.6) is 0 Å². The van der Waals surface area contributed by atoms with Crippen LogP contribution in [0.4, 0.5) is 0 Å². The number of benzene rings is 1. The van der Waals surface area contributed by atoms with Gasteiger partial charge in [-0.25, -0.2) is 0 Å². The maximum absolute atomic E-state index is 4.19. The van der Waals surface area contributed by atoms with Crippen molar-refractivity contribution in [2.24, 2.45) is 17.3 Å². The molecule has 7 unspecified atom stereocenters. The molecule has 4 saturated heterocycles. The summed E-state index contributed by atoms with van der Waals surface area (Å²) in [6.07, 6.45) is 9.63. The first kappa shape index (κ1) is 26.0. The number of piperidine rings is 2. The summed E-state index contributed by atoms with van der Waals surface area (Å²) in [6.45, 7) is 14.5. The van der Waals surface area contributed by atoms with Crippen LogP contribution in [-0.2, 0) is 0 Å². The normalized spacial score (nSPS) is 40.5. The second kappa shape index (κ2) is 10.6. The summed E-state index contributed by atoms with van der Waals surface area (Å²) in [7, 11) is 0. The summed E-state index contributed by atoms with van der Waals surface area (Å²) in [6, 6.07) is 12.2. The van der Waals surface area contributed by atoms with E-state index in [-0.39, 0.29) is 5.54 Å². The van der Waals surface area contributed by atoms with Crippen LogP contribution in [0.25, 0.3) is 0 Å². The summed E-state index contributed by atoms with van der Waals surface area (Å²) in [5, 5.41) is 12.7. The van der Waals surface area contributed by atoms with Crippen molar-refractivity contribution in [3.8, 4) is 0 Å². The van der Waals surface area contributed by atoms with Crippen LogP contribution in [-0.4, -0.2) is 47.3 Å². The molecule has 196 valence electrons. The van der Waals surface area contributed by atoms with Crippen molar-refractivity contribution in [2.45, 2.75) is 115 Å². The maximum Gasteiger partial charge on any atom is 0.0690 e. The zero-order chi connectivity index (χ0) is 24.6. The van der Waals surface area contributed by atoms with E-state index in [1.165, 1.54) is 57.1 Å². The van der Waals surface area contributed by atoms with Crippen LogP contribution in [0.3, 0.4) is 0 Å². The van der Waals surface area contributed by atoms with E-state index in [2.05, 4.69) is 90.5 Å². The smallest absolute Gasteiger partial charge is 0.0690 e. The van der Waals surface area contributed by atoms with Crippen LogP contribution in [0.15, 0.2) is 30.3 Å². The number of fused-ring (bicyclic) bond motifs is 6. The topological polar surface area (TPSA) is 51.4 Å². The molecule has 8 atom stereocenters. The number of nitrogens with zero attached hydrogens (tertiary/aromatic N) is 1. The fourth-order valence-electron chi connectivity index (χ4n) is 7.21. The molecule has 5 nitrogen and oxygen atoms in total. The minimum absolute atomic E-state index is 0.211. The molecule has 4 aliphatic heterocycles. The molecule has 1 aromatic carbocycles. The first-order valence-corrected chi connectivity index (χ1v) is 15.1. The average molecular weight is 500 g/mol. The fourth-order valence-corrected chi connectivity index (χ4v) is 8.24. The van der Waals surface area contributed by atoms with Crippen molar-refractivity contribution in [3.05, 3.63) is 35.9 Å². The van der Waals surface area contributed by atoms with E-state index in [1.807, 2.05) is 11.9 Å². The number of hydrogen-bond acceptors (Lipinski definition) is 6. The summed E-state index contributed by atoms with van der Waals surface area (Å²) in [5.74, 6) is 1.34. The van der Waals surface area contributed by atoms with Crippen LogP contribution in [0.1, 0.15) is 91.2 Å². The summed E-state index contributed by atoms with van der Waals surface area (Å²) < 4.78 is 3.84. The summed E-state index contributed by atoms with van der Waals surface area (Å²) in [5.41, 5.74) is 1.94. The number of nitrogens with one attached hydrogen (secondary N) is 4. The molecule has 0 radical (unpaired) electrons. The molecule has 4 aliphatic rings. The Morgan fingerprint density at radius 1 is 0.971 bits per heavy atom. The predicted octanol–water partition coefficient (Wildman–Crippen LogP) is 5.23.